The Hall–Kier alpha value is -2.04. The Bertz CT molecular complexity index is 694. The molecule has 0 amide bonds. The van der Waals surface area contributed by atoms with E-state index in [-0.39, 0.29) is 48.2 Å². The van der Waals surface area contributed by atoms with Crippen LogP contribution in [-0.4, -0.2) is 71.7 Å². The van der Waals surface area contributed by atoms with Gasteiger partial charge in [0.05, 0.1) is 54.7 Å². The van der Waals surface area contributed by atoms with Crippen LogP contribution in [0.4, 0.5) is 0 Å². The smallest absolute Gasteiger partial charge is 0.320 e. The number of ether oxygens (including phenoxy) is 4. The van der Waals surface area contributed by atoms with Crippen molar-refractivity contribution in [2.45, 2.75) is 76.8 Å². The first-order valence-corrected chi connectivity index (χ1v) is 11.4. The number of hydrogen-bond donors (Lipinski definition) is 2. The number of rotatable bonds is 5. The molecule has 0 aliphatic carbocycles. The van der Waals surface area contributed by atoms with Gasteiger partial charge in [-0.1, -0.05) is 13.8 Å². The standard InChI is InChI=1S/C11H16O5.C8H8O4.C3H8O/c1-2-5-15-11(14)9-7-4-3-6(16-7)8(9)10(12)13;9-7-5-3-1-2-4(11-3)6(5)8(10)12-7;1-2-3-4/h6-9H,2-5H2,1H3,(H,12,13);3-6H,1-2H2;4H,2-3H2,1H3. The van der Waals surface area contributed by atoms with Gasteiger partial charge >= 0.3 is 23.9 Å². The number of esters is 3. The molecule has 5 aliphatic rings. The summed E-state index contributed by atoms with van der Waals surface area (Å²) in [5.41, 5.74) is 0. The zero-order valence-electron chi connectivity index (χ0n) is 18.4. The van der Waals surface area contributed by atoms with Crippen LogP contribution in [-0.2, 0) is 38.1 Å². The average molecular weight is 456 g/mol. The maximum Gasteiger partial charge on any atom is 0.320 e. The predicted octanol–water partition coefficient (Wildman–Crippen LogP) is 1.07. The van der Waals surface area contributed by atoms with Crippen molar-refractivity contribution in [2.24, 2.45) is 23.7 Å². The monoisotopic (exact) mass is 456 g/mol. The first kappa shape index (κ1) is 24.6. The largest absolute Gasteiger partial charge is 0.481 e. The van der Waals surface area contributed by atoms with Crippen LogP contribution in [0.3, 0.4) is 0 Å². The van der Waals surface area contributed by atoms with E-state index in [4.69, 9.17) is 24.4 Å². The summed E-state index contributed by atoms with van der Waals surface area (Å²) >= 11 is 0. The van der Waals surface area contributed by atoms with Crippen LogP contribution in [0.25, 0.3) is 0 Å². The summed E-state index contributed by atoms with van der Waals surface area (Å²) in [6, 6.07) is 0. The molecule has 10 nitrogen and oxygen atoms in total. The lowest BCUT2D eigenvalue weighted by Gasteiger charge is -2.22. The molecule has 5 heterocycles. The Kier molecular flexibility index (Phi) is 8.24. The van der Waals surface area contributed by atoms with E-state index in [9.17, 15) is 19.2 Å². The minimum Gasteiger partial charge on any atom is -0.481 e. The number of aliphatic hydroxyl groups is 1. The van der Waals surface area contributed by atoms with Crippen molar-refractivity contribution < 1.29 is 48.3 Å². The van der Waals surface area contributed by atoms with Gasteiger partial charge in [0.15, 0.2) is 0 Å². The Balaban J connectivity index is 0.000000159. The van der Waals surface area contributed by atoms with Crippen LogP contribution in [0.2, 0.25) is 0 Å². The Morgan fingerprint density at radius 1 is 0.875 bits per heavy atom. The lowest BCUT2D eigenvalue weighted by atomic mass is 9.79. The SMILES string of the molecule is CCCO.CCCOC(=O)C1C2CCC(O2)C1C(=O)O.O=C1OC(=O)C2C3CCC(O3)C12. The van der Waals surface area contributed by atoms with Crippen molar-refractivity contribution in [1.29, 1.82) is 0 Å². The number of carbonyl (C=O) groups is 4. The number of carbonyl (C=O) groups excluding carboxylic acids is 3. The molecular formula is C22H32O10. The van der Waals surface area contributed by atoms with Crippen LogP contribution in [0.1, 0.15) is 52.4 Å². The van der Waals surface area contributed by atoms with Crippen molar-refractivity contribution in [3.05, 3.63) is 0 Å². The van der Waals surface area contributed by atoms with Gasteiger partial charge < -0.3 is 29.2 Å². The van der Waals surface area contributed by atoms with Gasteiger partial charge in [0.1, 0.15) is 0 Å². The molecule has 0 aromatic heterocycles. The van der Waals surface area contributed by atoms with Gasteiger partial charge in [-0.05, 0) is 38.5 Å². The molecule has 0 spiro atoms. The number of fused-ring (bicyclic) bond motifs is 7. The molecule has 5 fully saturated rings. The van der Waals surface area contributed by atoms with Gasteiger partial charge in [0, 0.05) is 6.61 Å². The molecule has 8 atom stereocenters. The summed E-state index contributed by atoms with van der Waals surface area (Å²) in [6.07, 6.45) is 4.27. The summed E-state index contributed by atoms with van der Waals surface area (Å²) < 4.78 is 20.5. The number of carboxylic acid groups (broad SMARTS) is 1. The molecule has 2 N–H and O–H groups in total. The maximum atomic E-state index is 11.7. The van der Waals surface area contributed by atoms with Crippen molar-refractivity contribution in [1.82, 2.24) is 0 Å². The van der Waals surface area contributed by atoms with E-state index < -0.39 is 23.8 Å². The number of carboxylic acids is 1. The molecule has 180 valence electrons. The maximum absolute atomic E-state index is 11.7. The van der Waals surface area contributed by atoms with E-state index >= 15 is 0 Å². The van der Waals surface area contributed by atoms with E-state index in [0.29, 0.717) is 13.2 Å². The zero-order valence-corrected chi connectivity index (χ0v) is 18.4. The summed E-state index contributed by atoms with van der Waals surface area (Å²) in [5.74, 6) is -4.01. The highest BCUT2D eigenvalue weighted by molar-refractivity contribution is 5.97. The molecule has 5 saturated heterocycles. The van der Waals surface area contributed by atoms with Crippen LogP contribution in [0, 0.1) is 23.7 Å². The fourth-order valence-electron chi connectivity index (χ4n) is 5.10. The van der Waals surface area contributed by atoms with Crippen molar-refractivity contribution in [2.75, 3.05) is 13.2 Å². The molecule has 32 heavy (non-hydrogen) atoms. The number of cyclic esters (lactones) is 2. The minimum atomic E-state index is -0.953. The summed E-state index contributed by atoms with van der Waals surface area (Å²) in [7, 11) is 0. The highest BCUT2D eigenvalue weighted by atomic mass is 16.6. The van der Waals surface area contributed by atoms with Gasteiger partial charge in [-0.2, -0.15) is 0 Å². The van der Waals surface area contributed by atoms with Crippen LogP contribution in [0.15, 0.2) is 0 Å². The van der Waals surface area contributed by atoms with E-state index in [2.05, 4.69) is 4.74 Å². The van der Waals surface area contributed by atoms with E-state index in [1.807, 2.05) is 13.8 Å². The average Bonchev–Trinajstić information content (AvgIpc) is 3.59. The fourth-order valence-corrected chi connectivity index (χ4v) is 5.10. The normalized spacial score (nSPS) is 37.7. The summed E-state index contributed by atoms with van der Waals surface area (Å²) in [6.45, 7) is 4.50. The van der Waals surface area contributed by atoms with Crippen molar-refractivity contribution >= 4 is 23.9 Å². The highest BCUT2D eigenvalue weighted by Crippen LogP contribution is 2.47. The lowest BCUT2D eigenvalue weighted by Crippen LogP contribution is -2.39. The number of hydrogen-bond acceptors (Lipinski definition) is 9. The third-order valence-corrected chi connectivity index (χ3v) is 6.52. The first-order chi connectivity index (χ1) is 15.3. The van der Waals surface area contributed by atoms with Gasteiger partial charge in [0.2, 0.25) is 0 Å². The summed E-state index contributed by atoms with van der Waals surface area (Å²) in [5, 5.41) is 17.0. The number of aliphatic carboxylic acids is 1. The molecule has 0 aromatic rings. The second-order valence-electron chi connectivity index (χ2n) is 8.65. The topological polar surface area (TPSA) is 146 Å². The molecule has 8 unspecified atom stereocenters. The van der Waals surface area contributed by atoms with Crippen molar-refractivity contribution in [3.63, 3.8) is 0 Å². The molecular weight excluding hydrogens is 424 g/mol. The van der Waals surface area contributed by atoms with Crippen molar-refractivity contribution in [3.8, 4) is 0 Å². The molecule has 0 saturated carbocycles. The quantitative estimate of drug-likeness (QED) is 0.455. The van der Waals surface area contributed by atoms with E-state index in [0.717, 1.165) is 38.5 Å². The first-order valence-electron chi connectivity index (χ1n) is 11.4. The molecule has 4 bridgehead atoms. The third-order valence-electron chi connectivity index (χ3n) is 6.52. The molecule has 0 radical (unpaired) electrons. The Morgan fingerprint density at radius 3 is 1.81 bits per heavy atom. The zero-order chi connectivity index (χ0) is 23.4. The van der Waals surface area contributed by atoms with Crippen LogP contribution in [0.5, 0.6) is 0 Å². The van der Waals surface area contributed by atoms with Gasteiger partial charge in [-0.15, -0.1) is 0 Å². The summed E-state index contributed by atoms with van der Waals surface area (Å²) in [4.78, 5) is 45.1. The third kappa shape index (κ3) is 4.82. The number of aliphatic hydroxyl groups excluding tert-OH is 1. The Labute approximate surface area is 186 Å². The molecule has 5 rings (SSSR count). The van der Waals surface area contributed by atoms with E-state index in [1.165, 1.54) is 0 Å². The predicted molar refractivity (Wildman–Crippen MR) is 107 cm³/mol. The second-order valence-corrected chi connectivity index (χ2v) is 8.65. The Morgan fingerprint density at radius 2 is 1.34 bits per heavy atom. The van der Waals surface area contributed by atoms with E-state index in [1.54, 1.807) is 0 Å². The molecule has 0 aromatic carbocycles. The van der Waals surface area contributed by atoms with Crippen LogP contribution < -0.4 is 0 Å². The second kappa shape index (κ2) is 10.7. The fraction of sp³-hybridized carbons (Fsp3) is 0.818. The van der Waals surface area contributed by atoms with Crippen LogP contribution >= 0.6 is 0 Å². The molecule has 10 heteroatoms. The molecule has 5 aliphatic heterocycles. The van der Waals surface area contributed by atoms with Gasteiger partial charge in [-0.3, -0.25) is 19.2 Å². The highest BCUT2D eigenvalue weighted by Gasteiger charge is 2.61. The van der Waals surface area contributed by atoms with Gasteiger partial charge in [0.25, 0.3) is 0 Å². The minimum absolute atomic E-state index is 0.0426. The van der Waals surface area contributed by atoms with Gasteiger partial charge in [-0.25, -0.2) is 0 Å². The lowest BCUT2D eigenvalue weighted by molar-refractivity contribution is -0.158.